The molecule has 23 heavy (non-hydrogen) atoms. The summed E-state index contributed by atoms with van der Waals surface area (Å²) >= 11 is 1.28. The van der Waals surface area contributed by atoms with E-state index in [0.29, 0.717) is 28.9 Å². The van der Waals surface area contributed by atoms with Gasteiger partial charge < -0.3 is 14.2 Å². The summed E-state index contributed by atoms with van der Waals surface area (Å²) in [6, 6.07) is 6.75. The molecule has 0 bridgehead atoms. The highest BCUT2D eigenvalue weighted by molar-refractivity contribution is 7.14. The lowest BCUT2D eigenvalue weighted by Gasteiger charge is -1.98. The van der Waals surface area contributed by atoms with Crippen molar-refractivity contribution in [3.05, 3.63) is 47.4 Å². The van der Waals surface area contributed by atoms with Crippen molar-refractivity contribution in [1.29, 1.82) is 0 Å². The number of hydrogen-bond donors (Lipinski definition) is 2. The van der Waals surface area contributed by atoms with Gasteiger partial charge in [0.1, 0.15) is 11.5 Å². The number of furan rings is 2. The van der Waals surface area contributed by atoms with Gasteiger partial charge in [0.25, 0.3) is 5.91 Å². The molecule has 7 nitrogen and oxygen atoms in total. The van der Waals surface area contributed by atoms with Crippen LogP contribution in [0, 0.1) is 0 Å². The van der Waals surface area contributed by atoms with E-state index >= 15 is 0 Å². The van der Waals surface area contributed by atoms with Crippen molar-refractivity contribution in [3.63, 3.8) is 0 Å². The molecular formula is C15H13N3O4S. The zero-order chi connectivity index (χ0) is 16.2. The summed E-state index contributed by atoms with van der Waals surface area (Å²) in [4.78, 5) is 27.1. The average molecular weight is 331 g/mol. The molecule has 118 valence electrons. The molecule has 0 aliphatic heterocycles. The number of carbonyl (C=O) groups excluding carboxylic acids is 2. The van der Waals surface area contributed by atoms with E-state index < -0.39 is 0 Å². The number of hydrogen-bond acceptors (Lipinski definition) is 6. The Balaban J connectivity index is 1.67. The van der Waals surface area contributed by atoms with E-state index in [1.807, 2.05) is 0 Å². The van der Waals surface area contributed by atoms with E-state index in [1.54, 1.807) is 29.6 Å². The van der Waals surface area contributed by atoms with E-state index in [-0.39, 0.29) is 17.6 Å². The molecule has 3 rings (SSSR count). The van der Waals surface area contributed by atoms with Gasteiger partial charge in [-0.15, -0.1) is 11.3 Å². The second-order valence-electron chi connectivity index (χ2n) is 4.65. The number of thiazole rings is 1. The number of anilines is 1. The predicted molar refractivity (Wildman–Crippen MR) is 84.0 cm³/mol. The minimum absolute atomic E-state index is 0.125. The highest BCUT2D eigenvalue weighted by atomic mass is 32.1. The van der Waals surface area contributed by atoms with Crippen molar-refractivity contribution in [2.45, 2.75) is 13.5 Å². The molecular weight excluding hydrogens is 318 g/mol. The highest BCUT2D eigenvalue weighted by Crippen LogP contribution is 2.26. The van der Waals surface area contributed by atoms with Gasteiger partial charge in [-0.05, 0) is 24.3 Å². The van der Waals surface area contributed by atoms with Crippen molar-refractivity contribution in [1.82, 2.24) is 10.3 Å². The van der Waals surface area contributed by atoms with Crippen LogP contribution in [0.25, 0.3) is 11.5 Å². The number of aromatic nitrogens is 1. The van der Waals surface area contributed by atoms with Crippen LogP contribution in [-0.2, 0) is 11.3 Å². The van der Waals surface area contributed by atoms with Gasteiger partial charge in [-0.1, -0.05) is 0 Å². The van der Waals surface area contributed by atoms with Crippen molar-refractivity contribution in [2.75, 3.05) is 5.32 Å². The lowest BCUT2D eigenvalue weighted by Crippen LogP contribution is -2.18. The van der Waals surface area contributed by atoms with Crippen molar-refractivity contribution in [3.8, 4) is 11.5 Å². The first kappa shape index (κ1) is 15.0. The molecule has 0 unspecified atom stereocenters. The fourth-order valence-electron chi connectivity index (χ4n) is 1.83. The number of rotatable bonds is 5. The molecule has 3 heterocycles. The average Bonchev–Trinajstić information content (AvgIpc) is 3.25. The fourth-order valence-corrected chi connectivity index (χ4v) is 2.53. The molecule has 2 amide bonds. The van der Waals surface area contributed by atoms with Crippen molar-refractivity contribution in [2.24, 2.45) is 0 Å². The second-order valence-corrected chi connectivity index (χ2v) is 5.50. The molecule has 0 radical (unpaired) electrons. The maximum absolute atomic E-state index is 11.9. The van der Waals surface area contributed by atoms with Crippen LogP contribution in [0.2, 0.25) is 0 Å². The molecule has 0 fully saturated rings. The normalized spacial score (nSPS) is 10.5. The highest BCUT2D eigenvalue weighted by Gasteiger charge is 2.13. The maximum Gasteiger partial charge on any atom is 0.293 e. The Labute approximate surface area is 135 Å². The third-order valence-corrected chi connectivity index (χ3v) is 3.65. The van der Waals surface area contributed by atoms with Gasteiger partial charge in [-0.3, -0.25) is 14.9 Å². The smallest absolute Gasteiger partial charge is 0.293 e. The van der Waals surface area contributed by atoms with Crippen LogP contribution < -0.4 is 10.6 Å². The molecule has 0 saturated carbocycles. The first-order chi connectivity index (χ1) is 11.1. The number of carbonyl (C=O) groups is 2. The van der Waals surface area contributed by atoms with Crippen LogP contribution in [0.5, 0.6) is 0 Å². The molecule has 3 aromatic heterocycles. The third kappa shape index (κ3) is 3.67. The molecule has 0 saturated heterocycles. The summed E-state index contributed by atoms with van der Waals surface area (Å²) in [5.74, 6) is 0.933. The largest absolute Gasteiger partial charge is 0.459 e. The van der Waals surface area contributed by atoms with Crippen LogP contribution in [0.1, 0.15) is 23.2 Å². The third-order valence-electron chi connectivity index (χ3n) is 2.90. The Morgan fingerprint density at radius 1 is 1.30 bits per heavy atom. The van der Waals surface area contributed by atoms with E-state index in [4.69, 9.17) is 8.83 Å². The van der Waals surface area contributed by atoms with Crippen LogP contribution >= 0.6 is 11.3 Å². The van der Waals surface area contributed by atoms with Gasteiger partial charge >= 0.3 is 0 Å². The maximum atomic E-state index is 11.9. The molecule has 2 N–H and O–H groups in total. The minimum atomic E-state index is -0.360. The van der Waals surface area contributed by atoms with E-state index in [9.17, 15) is 9.59 Å². The molecule has 0 aliphatic carbocycles. The Kier molecular flexibility index (Phi) is 4.24. The van der Waals surface area contributed by atoms with Gasteiger partial charge in [0.15, 0.2) is 16.7 Å². The SMILES string of the molecule is CC(=O)NCc1ccc(-c2csc(NC(=O)c3ccco3)n2)o1. The van der Waals surface area contributed by atoms with Gasteiger partial charge in [-0.25, -0.2) is 4.98 Å². The molecule has 0 spiro atoms. The number of nitrogens with one attached hydrogen (secondary N) is 2. The van der Waals surface area contributed by atoms with Crippen LogP contribution in [0.15, 0.2) is 44.7 Å². The first-order valence-electron chi connectivity index (χ1n) is 6.76. The molecule has 0 aromatic carbocycles. The van der Waals surface area contributed by atoms with Gasteiger partial charge in [0.2, 0.25) is 5.91 Å². The summed E-state index contributed by atoms with van der Waals surface area (Å²) in [7, 11) is 0. The van der Waals surface area contributed by atoms with Crippen LogP contribution in [0.4, 0.5) is 5.13 Å². The minimum Gasteiger partial charge on any atom is -0.459 e. The molecule has 0 aliphatic rings. The van der Waals surface area contributed by atoms with Crippen LogP contribution in [-0.4, -0.2) is 16.8 Å². The molecule has 0 atom stereocenters. The molecule has 8 heteroatoms. The number of amides is 2. The van der Waals surface area contributed by atoms with E-state index in [2.05, 4.69) is 15.6 Å². The Bertz CT molecular complexity index is 820. The predicted octanol–water partition coefficient (Wildman–Crippen LogP) is 2.88. The van der Waals surface area contributed by atoms with Gasteiger partial charge in [0, 0.05) is 12.3 Å². The summed E-state index contributed by atoms with van der Waals surface area (Å²) in [5.41, 5.74) is 0.610. The van der Waals surface area contributed by atoms with E-state index in [0.717, 1.165) is 0 Å². The first-order valence-corrected chi connectivity index (χ1v) is 7.63. The topological polar surface area (TPSA) is 97.4 Å². The Hall–Kier alpha value is -2.87. The quantitative estimate of drug-likeness (QED) is 0.749. The van der Waals surface area contributed by atoms with Crippen LogP contribution in [0.3, 0.4) is 0 Å². The zero-order valence-electron chi connectivity index (χ0n) is 12.2. The zero-order valence-corrected chi connectivity index (χ0v) is 13.0. The lowest BCUT2D eigenvalue weighted by molar-refractivity contribution is -0.119. The van der Waals surface area contributed by atoms with E-state index in [1.165, 1.54) is 24.5 Å². The lowest BCUT2D eigenvalue weighted by atomic mass is 10.3. The summed E-state index contributed by atoms with van der Waals surface area (Å²) < 4.78 is 10.6. The monoisotopic (exact) mass is 331 g/mol. The molecule has 3 aromatic rings. The second kappa shape index (κ2) is 6.49. The summed E-state index contributed by atoms with van der Waals surface area (Å²) in [5, 5.41) is 7.54. The standard InChI is InChI=1S/C15H13N3O4S/c1-9(19)16-7-10-4-5-12(22-10)11-8-23-15(17-11)18-14(20)13-3-2-6-21-13/h2-6,8H,7H2,1H3,(H,16,19)(H,17,18,20). The van der Waals surface area contributed by atoms with Gasteiger partial charge in [0.05, 0.1) is 12.8 Å². The Morgan fingerprint density at radius 3 is 2.91 bits per heavy atom. The number of nitrogens with zero attached hydrogens (tertiary/aromatic N) is 1. The van der Waals surface area contributed by atoms with Gasteiger partial charge in [-0.2, -0.15) is 0 Å². The summed E-state index contributed by atoms with van der Waals surface area (Å²) in [6.45, 7) is 1.76. The Morgan fingerprint density at radius 2 is 2.17 bits per heavy atom. The fraction of sp³-hybridized carbons (Fsp3) is 0.133. The van der Waals surface area contributed by atoms with Crippen molar-refractivity contribution >= 4 is 28.3 Å². The van der Waals surface area contributed by atoms with Crippen molar-refractivity contribution < 1.29 is 18.4 Å². The summed E-state index contributed by atoms with van der Waals surface area (Å²) in [6.07, 6.45) is 1.43.